The second-order valence-electron chi connectivity index (χ2n) is 5.34. The maximum Gasteiger partial charge on any atom is 0.373 e. The van der Waals surface area contributed by atoms with Crippen molar-refractivity contribution in [1.82, 2.24) is 9.38 Å². The van der Waals surface area contributed by atoms with Crippen LogP contribution in [-0.4, -0.2) is 22.6 Å². The van der Waals surface area contributed by atoms with Gasteiger partial charge in [0.25, 0.3) is 0 Å². The Bertz CT molecular complexity index is 915. The van der Waals surface area contributed by atoms with E-state index in [1.165, 1.54) is 0 Å². The van der Waals surface area contributed by atoms with Gasteiger partial charge in [-0.05, 0) is 44.2 Å². The Morgan fingerprint density at radius 2 is 1.96 bits per heavy atom. The molecule has 0 bridgehead atoms. The summed E-state index contributed by atoms with van der Waals surface area (Å²) in [5.74, 6) is 0.828. The molecule has 1 aromatic carbocycles. The quantitative estimate of drug-likeness (QED) is 0.769. The zero-order valence-electron chi connectivity index (χ0n) is 14.2. The van der Waals surface area contributed by atoms with Crippen LogP contribution < -0.4 is 10.1 Å². The number of aromatic nitrogens is 2. The van der Waals surface area contributed by atoms with Crippen molar-refractivity contribution in [2.75, 3.05) is 12.4 Å². The van der Waals surface area contributed by atoms with E-state index in [0.717, 1.165) is 34.0 Å². The van der Waals surface area contributed by atoms with E-state index in [-0.39, 0.29) is 6.15 Å². The summed E-state index contributed by atoms with van der Waals surface area (Å²) >= 11 is 6.07. The number of methoxy groups -OCH3 is 1. The monoisotopic (exact) mass is 359 g/mol. The number of benzene rings is 1. The number of nitrogens with one attached hydrogen (secondary N) is 1. The summed E-state index contributed by atoms with van der Waals surface area (Å²) in [5, 5.41) is 4.15. The molecule has 1 N–H and O–H groups in total. The summed E-state index contributed by atoms with van der Waals surface area (Å²) in [6.07, 6.45) is 2.29. The fourth-order valence-corrected chi connectivity index (χ4v) is 2.77. The van der Waals surface area contributed by atoms with E-state index < -0.39 is 0 Å². The van der Waals surface area contributed by atoms with Crippen molar-refractivity contribution in [3.05, 3.63) is 58.5 Å². The highest BCUT2D eigenvalue weighted by atomic mass is 35.5. The molecule has 0 atom stereocenters. The molecule has 7 heteroatoms. The predicted molar refractivity (Wildman–Crippen MR) is 95.0 cm³/mol. The number of pyridine rings is 1. The summed E-state index contributed by atoms with van der Waals surface area (Å²) < 4.78 is 7.47. The Morgan fingerprint density at radius 3 is 2.64 bits per heavy atom. The molecule has 0 aliphatic heterocycles. The molecule has 0 amide bonds. The lowest BCUT2D eigenvalue weighted by molar-refractivity contribution is -0.191. The molecular formula is C18H18ClN3O3. The second-order valence-corrected chi connectivity index (χ2v) is 5.77. The number of hydrogen-bond acceptors (Lipinski definition) is 5. The fourth-order valence-electron chi connectivity index (χ4n) is 2.57. The lowest BCUT2D eigenvalue weighted by atomic mass is 10.2. The predicted octanol–water partition coefficient (Wildman–Crippen LogP) is 3.64. The lowest BCUT2D eigenvalue weighted by Gasteiger charge is -2.13. The number of hydrogen-bond donors (Lipinski definition) is 1. The highest BCUT2D eigenvalue weighted by Gasteiger charge is 2.08. The number of nitrogens with zero attached hydrogens (tertiary/aromatic N) is 2. The molecule has 130 valence electrons. The summed E-state index contributed by atoms with van der Waals surface area (Å²) in [4.78, 5) is 20.7. The number of fused-ring (bicyclic) bond motifs is 1. The zero-order valence-corrected chi connectivity index (χ0v) is 14.9. The molecule has 0 radical (unpaired) electrons. The summed E-state index contributed by atoms with van der Waals surface area (Å²) in [5.41, 5.74) is 5.18. The van der Waals surface area contributed by atoms with Crippen LogP contribution in [0.25, 0.3) is 5.65 Å². The number of aryl methyl sites for hydroxylation is 2. The third-order valence-electron chi connectivity index (χ3n) is 3.72. The van der Waals surface area contributed by atoms with E-state index in [0.29, 0.717) is 11.6 Å². The SMILES string of the molecule is COc1ccc(Cl)cc1CNc1ccc2nc(C)cn2c1C.O=C=O. The fraction of sp³-hybridized carbons (Fsp3) is 0.222. The van der Waals surface area contributed by atoms with Gasteiger partial charge in [-0.2, -0.15) is 9.59 Å². The number of carbonyl (C=O) groups excluding carboxylic acids is 2. The topological polar surface area (TPSA) is 72.7 Å². The van der Waals surface area contributed by atoms with E-state index in [1.807, 2.05) is 43.5 Å². The molecule has 0 saturated carbocycles. The number of halogens is 1. The van der Waals surface area contributed by atoms with Gasteiger partial charge in [-0.25, -0.2) is 4.98 Å². The molecule has 0 spiro atoms. The van der Waals surface area contributed by atoms with Crippen LogP contribution in [0.5, 0.6) is 5.75 Å². The maximum atomic E-state index is 8.12. The third kappa shape index (κ3) is 4.38. The molecular weight excluding hydrogens is 342 g/mol. The molecule has 2 heterocycles. The Hall–Kier alpha value is -2.82. The van der Waals surface area contributed by atoms with Gasteiger partial charge in [-0.3, -0.25) is 0 Å². The van der Waals surface area contributed by atoms with Crippen LogP contribution in [0.4, 0.5) is 5.69 Å². The van der Waals surface area contributed by atoms with E-state index in [2.05, 4.69) is 21.6 Å². The van der Waals surface area contributed by atoms with Crippen molar-refractivity contribution in [1.29, 1.82) is 0 Å². The molecule has 0 saturated heterocycles. The number of rotatable bonds is 4. The standard InChI is InChI=1S/C17H18ClN3O.CO2/c1-11-10-21-12(2)15(5-7-17(21)20-11)19-9-13-8-14(18)4-6-16(13)22-3;2-1-3/h4-8,10,19H,9H2,1-3H3;. The van der Waals surface area contributed by atoms with Gasteiger partial charge in [0.15, 0.2) is 0 Å². The van der Waals surface area contributed by atoms with Crippen molar-refractivity contribution >= 4 is 29.1 Å². The number of anilines is 1. The zero-order chi connectivity index (χ0) is 18.4. The minimum absolute atomic E-state index is 0.250. The molecule has 2 aromatic heterocycles. The van der Waals surface area contributed by atoms with Crippen LogP contribution in [0.1, 0.15) is 17.0 Å². The normalized spacial score (nSPS) is 9.92. The van der Waals surface area contributed by atoms with E-state index in [1.54, 1.807) is 7.11 Å². The highest BCUT2D eigenvalue weighted by molar-refractivity contribution is 6.30. The molecule has 25 heavy (non-hydrogen) atoms. The Kier molecular flexibility index (Phi) is 6.17. The summed E-state index contributed by atoms with van der Waals surface area (Å²) in [6, 6.07) is 9.69. The molecule has 3 rings (SSSR count). The largest absolute Gasteiger partial charge is 0.496 e. The van der Waals surface area contributed by atoms with Gasteiger partial charge in [0.1, 0.15) is 11.4 Å². The first-order valence-corrected chi connectivity index (χ1v) is 7.88. The minimum Gasteiger partial charge on any atom is -0.496 e. The molecule has 0 aliphatic carbocycles. The molecule has 0 fully saturated rings. The van der Waals surface area contributed by atoms with Gasteiger partial charge >= 0.3 is 6.15 Å². The van der Waals surface area contributed by atoms with Gasteiger partial charge in [0.2, 0.25) is 0 Å². The van der Waals surface area contributed by atoms with E-state index in [4.69, 9.17) is 25.9 Å². The molecule has 0 aliphatic rings. The maximum absolute atomic E-state index is 8.12. The van der Waals surface area contributed by atoms with Gasteiger partial charge < -0.3 is 14.5 Å². The van der Waals surface area contributed by atoms with Gasteiger partial charge in [-0.15, -0.1) is 0 Å². The summed E-state index contributed by atoms with van der Waals surface area (Å²) in [7, 11) is 1.66. The average molecular weight is 360 g/mol. The highest BCUT2D eigenvalue weighted by Crippen LogP contribution is 2.25. The van der Waals surface area contributed by atoms with E-state index in [9.17, 15) is 0 Å². The van der Waals surface area contributed by atoms with Crippen LogP contribution in [0.15, 0.2) is 36.5 Å². The van der Waals surface area contributed by atoms with Gasteiger partial charge in [0, 0.05) is 29.0 Å². The van der Waals surface area contributed by atoms with Crippen molar-refractivity contribution in [2.24, 2.45) is 0 Å². The first kappa shape index (κ1) is 18.5. The van der Waals surface area contributed by atoms with Crippen LogP contribution in [0.2, 0.25) is 5.02 Å². The van der Waals surface area contributed by atoms with Crippen molar-refractivity contribution < 1.29 is 14.3 Å². The van der Waals surface area contributed by atoms with Gasteiger partial charge in [0.05, 0.1) is 18.5 Å². The van der Waals surface area contributed by atoms with Crippen molar-refractivity contribution in [3.63, 3.8) is 0 Å². The number of imidazole rings is 1. The molecule has 0 unspecified atom stereocenters. The van der Waals surface area contributed by atoms with Crippen LogP contribution in [0.3, 0.4) is 0 Å². The first-order valence-electron chi connectivity index (χ1n) is 7.51. The van der Waals surface area contributed by atoms with Crippen LogP contribution in [-0.2, 0) is 16.1 Å². The van der Waals surface area contributed by atoms with Crippen molar-refractivity contribution in [3.8, 4) is 5.75 Å². The third-order valence-corrected chi connectivity index (χ3v) is 3.95. The average Bonchev–Trinajstić information content (AvgIpc) is 2.96. The smallest absolute Gasteiger partial charge is 0.373 e. The van der Waals surface area contributed by atoms with Crippen LogP contribution >= 0.6 is 11.6 Å². The Morgan fingerprint density at radius 1 is 1.24 bits per heavy atom. The van der Waals surface area contributed by atoms with E-state index >= 15 is 0 Å². The minimum atomic E-state index is 0.250. The van der Waals surface area contributed by atoms with Crippen molar-refractivity contribution in [2.45, 2.75) is 20.4 Å². The second kappa shape index (κ2) is 8.33. The molecule has 6 nitrogen and oxygen atoms in total. The first-order chi connectivity index (χ1) is 12.0. The Balaban J connectivity index is 0.000000701. The van der Waals surface area contributed by atoms with Gasteiger partial charge in [-0.1, -0.05) is 11.6 Å². The summed E-state index contributed by atoms with van der Waals surface area (Å²) in [6.45, 7) is 4.71. The Labute approximate surface area is 150 Å². The van der Waals surface area contributed by atoms with Crippen LogP contribution in [0, 0.1) is 13.8 Å². The number of ether oxygens (including phenoxy) is 1. The molecule has 3 aromatic rings. The lowest BCUT2D eigenvalue weighted by Crippen LogP contribution is -2.05.